The van der Waals surface area contributed by atoms with Crippen molar-refractivity contribution in [2.24, 2.45) is 11.8 Å². The zero-order valence-electron chi connectivity index (χ0n) is 19.0. The van der Waals surface area contributed by atoms with E-state index in [2.05, 4.69) is 15.2 Å². The number of hydrogen-bond acceptors (Lipinski definition) is 5. The van der Waals surface area contributed by atoms with Crippen LogP contribution >= 0.6 is 0 Å². The molecule has 0 unspecified atom stereocenters. The van der Waals surface area contributed by atoms with Crippen molar-refractivity contribution in [2.45, 2.75) is 50.4 Å². The zero-order valence-corrected chi connectivity index (χ0v) is 19.0. The van der Waals surface area contributed by atoms with Gasteiger partial charge in [-0.05, 0) is 69.5 Å². The number of rotatable bonds is 5. The van der Waals surface area contributed by atoms with Crippen LogP contribution in [0, 0.1) is 17.2 Å². The summed E-state index contributed by atoms with van der Waals surface area (Å²) in [7, 11) is 0. The Labute approximate surface area is 197 Å². The number of hydrogen-bond donors (Lipinski definition) is 2. The van der Waals surface area contributed by atoms with E-state index in [1.807, 2.05) is 6.07 Å². The molecule has 1 aromatic carbocycles. The fraction of sp³-hybridized carbons (Fsp3) is 0.560. The van der Waals surface area contributed by atoms with Crippen LogP contribution < -0.4 is 10.2 Å². The smallest absolute Gasteiger partial charge is 0.368 e. The summed E-state index contributed by atoms with van der Waals surface area (Å²) >= 11 is 0. The van der Waals surface area contributed by atoms with Crippen LogP contribution in [-0.4, -0.2) is 66.4 Å². The van der Waals surface area contributed by atoms with Crippen LogP contribution in [0.3, 0.4) is 0 Å². The summed E-state index contributed by atoms with van der Waals surface area (Å²) < 4.78 is 41.6. The van der Waals surface area contributed by atoms with Gasteiger partial charge in [-0.3, -0.25) is 9.78 Å². The Morgan fingerprint density at radius 1 is 1.12 bits per heavy atom. The second-order valence-electron chi connectivity index (χ2n) is 9.84. The molecule has 1 amide bonds. The number of carbonyl (C=O) groups is 1. The third-order valence-corrected chi connectivity index (χ3v) is 7.50. The average molecular weight is 474 g/mol. The van der Waals surface area contributed by atoms with Gasteiger partial charge in [0, 0.05) is 60.1 Å². The molecule has 0 radical (unpaired) electrons. The van der Waals surface area contributed by atoms with E-state index in [0.29, 0.717) is 34.7 Å². The molecule has 6 nitrogen and oxygen atoms in total. The largest absolute Gasteiger partial charge is 0.393 e. The van der Waals surface area contributed by atoms with Crippen molar-refractivity contribution in [1.29, 1.82) is 5.41 Å². The summed E-state index contributed by atoms with van der Waals surface area (Å²) in [6.45, 7) is 1.93. The van der Waals surface area contributed by atoms with Crippen molar-refractivity contribution >= 4 is 28.7 Å². The predicted molar refractivity (Wildman–Crippen MR) is 125 cm³/mol. The van der Waals surface area contributed by atoms with Gasteiger partial charge in [-0.15, -0.1) is 0 Å². The maximum absolute atomic E-state index is 13.9. The number of anilines is 1. The first kappa shape index (κ1) is 23.1. The Morgan fingerprint density at radius 2 is 1.88 bits per heavy atom. The molecule has 3 heterocycles. The minimum atomic E-state index is -4.35. The van der Waals surface area contributed by atoms with Crippen LogP contribution in [0.5, 0.6) is 0 Å². The quantitative estimate of drug-likeness (QED) is 0.645. The lowest BCUT2D eigenvalue weighted by Gasteiger charge is -2.41. The molecule has 1 aliphatic carbocycles. The number of piperidine rings is 2. The maximum Gasteiger partial charge on any atom is 0.393 e. The van der Waals surface area contributed by atoms with E-state index in [1.165, 1.54) is 19.1 Å². The molecule has 5 rings (SSSR count). The predicted octanol–water partition coefficient (Wildman–Crippen LogP) is 3.98. The number of amides is 1. The fourth-order valence-corrected chi connectivity index (χ4v) is 5.49. The summed E-state index contributed by atoms with van der Waals surface area (Å²) in [4.78, 5) is 21.5. The maximum atomic E-state index is 13.9. The third-order valence-electron chi connectivity index (χ3n) is 7.50. The van der Waals surface area contributed by atoms with Crippen LogP contribution in [0.25, 0.3) is 10.9 Å². The lowest BCUT2D eigenvalue weighted by Crippen LogP contribution is -2.55. The summed E-state index contributed by atoms with van der Waals surface area (Å²) in [5.41, 5.74) is 1.86. The molecule has 3 fully saturated rings. The van der Waals surface area contributed by atoms with Gasteiger partial charge in [0.05, 0.1) is 11.4 Å². The highest BCUT2D eigenvalue weighted by atomic mass is 19.4. The van der Waals surface area contributed by atoms with E-state index < -0.39 is 18.1 Å². The topological polar surface area (TPSA) is 72.3 Å². The number of alkyl halides is 3. The molecule has 34 heavy (non-hydrogen) atoms. The second kappa shape index (κ2) is 9.17. The van der Waals surface area contributed by atoms with Gasteiger partial charge in [-0.2, -0.15) is 13.2 Å². The molecule has 1 saturated carbocycles. The Hall–Kier alpha value is -2.68. The van der Waals surface area contributed by atoms with Crippen LogP contribution in [-0.2, 0) is 4.79 Å². The molecule has 2 N–H and O–H groups in total. The number of pyridine rings is 1. The van der Waals surface area contributed by atoms with E-state index in [4.69, 9.17) is 5.41 Å². The molecule has 182 valence electrons. The van der Waals surface area contributed by atoms with Gasteiger partial charge >= 0.3 is 6.18 Å². The van der Waals surface area contributed by atoms with Crippen LogP contribution in [0.1, 0.15) is 37.7 Å². The summed E-state index contributed by atoms with van der Waals surface area (Å²) in [6, 6.07) is 7.14. The van der Waals surface area contributed by atoms with Crippen molar-refractivity contribution < 1.29 is 18.0 Å². The van der Waals surface area contributed by atoms with Gasteiger partial charge in [0.15, 0.2) is 0 Å². The van der Waals surface area contributed by atoms with Crippen molar-refractivity contribution in [3.63, 3.8) is 0 Å². The van der Waals surface area contributed by atoms with Gasteiger partial charge in [-0.1, -0.05) is 0 Å². The molecular weight excluding hydrogens is 443 g/mol. The average Bonchev–Trinajstić information content (AvgIpc) is 3.68. The highest BCUT2D eigenvalue weighted by Gasteiger charge is 2.45. The van der Waals surface area contributed by atoms with Gasteiger partial charge < -0.3 is 20.5 Å². The van der Waals surface area contributed by atoms with Crippen molar-refractivity contribution in [3.05, 3.63) is 36.0 Å². The lowest BCUT2D eigenvalue weighted by molar-refractivity contribution is -0.178. The molecule has 3 aliphatic rings. The molecule has 2 atom stereocenters. The summed E-state index contributed by atoms with van der Waals surface area (Å²) in [5.74, 6) is -1.78. The van der Waals surface area contributed by atoms with E-state index in [-0.39, 0.29) is 24.8 Å². The minimum absolute atomic E-state index is 0.110. The van der Waals surface area contributed by atoms with Crippen molar-refractivity contribution in [2.75, 3.05) is 31.1 Å². The first-order chi connectivity index (χ1) is 16.3. The number of halogens is 3. The molecular formula is C25H30F3N5O. The molecule has 0 spiro atoms. The Bertz CT molecular complexity index is 1060. The zero-order chi connectivity index (χ0) is 23.9. The number of nitrogens with zero attached hydrogens (tertiary/aromatic N) is 3. The summed E-state index contributed by atoms with van der Waals surface area (Å²) in [6.07, 6.45) is 2.36. The van der Waals surface area contributed by atoms with Gasteiger partial charge in [0.1, 0.15) is 0 Å². The number of carbonyl (C=O) groups excluding carboxylic acids is 1. The molecule has 9 heteroatoms. The van der Waals surface area contributed by atoms with Crippen LogP contribution in [0.2, 0.25) is 0 Å². The second-order valence-corrected chi connectivity index (χ2v) is 9.84. The molecule has 0 bridgehead atoms. The first-order valence-electron chi connectivity index (χ1n) is 12.1. The number of fused-ring (bicyclic) bond motifs is 1. The van der Waals surface area contributed by atoms with Crippen molar-refractivity contribution in [3.8, 4) is 0 Å². The van der Waals surface area contributed by atoms with Gasteiger partial charge in [-0.25, -0.2) is 0 Å². The number of likely N-dealkylation sites (tertiary alicyclic amines) is 1. The highest BCUT2D eigenvalue weighted by Crippen LogP contribution is 2.37. The minimum Gasteiger partial charge on any atom is -0.368 e. The number of aromatic nitrogens is 1. The van der Waals surface area contributed by atoms with Crippen LogP contribution in [0.4, 0.5) is 18.9 Å². The number of nitrogens with one attached hydrogen (secondary N) is 2. The van der Waals surface area contributed by atoms with E-state index >= 15 is 0 Å². The lowest BCUT2D eigenvalue weighted by atomic mass is 9.90. The van der Waals surface area contributed by atoms with Gasteiger partial charge in [0.25, 0.3) is 0 Å². The standard InChI is InChI=1S/C25H30F3N5O/c26-25(27,28)18-12-19(31-24(34)16-7-10-32(11-8-16)20-4-5-20)15-33(14-18)22-6-3-17(13-29)23-21(22)2-1-9-30-23/h1-3,6,9,13,16,18-20,29H,4-5,7-8,10-12,14-15H2,(H,31,34)/t18-,19+/m0/s1. The Kier molecular flexibility index (Phi) is 6.22. The molecule has 2 saturated heterocycles. The fourth-order valence-electron chi connectivity index (χ4n) is 5.49. The highest BCUT2D eigenvalue weighted by molar-refractivity contribution is 6.02. The first-order valence-corrected chi connectivity index (χ1v) is 12.1. The monoisotopic (exact) mass is 473 g/mol. The van der Waals surface area contributed by atoms with Gasteiger partial charge in [0.2, 0.25) is 5.91 Å². The normalized spacial score (nSPS) is 24.9. The summed E-state index contributed by atoms with van der Waals surface area (Å²) in [5, 5.41) is 11.3. The van der Waals surface area contributed by atoms with E-state index in [1.54, 1.807) is 29.3 Å². The van der Waals surface area contributed by atoms with E-state index in [0.717, 1.165) is 25.9 Å². The molecule has 2 aliphatic heterocycles. The molecule has 1 aromatic heterocycles. The van der Waals surface area contributed by atoms with Crippen molar-refractivity contribution in [1.82, 2.24) is 15.2 Å². The Balaban J connectivity index is 1.34. The third kappa shape index (κ3) is 4.76. The van der Waals surface area contributed by atoms with E-state index in [9.17, 15) is 18.0 Å². The number of benzene rings is 1. The molecule has 2 aromatic rings. The van der Waals surface area contributed by atoms with Crippen LogP contribution in [0.15, 0.2) is 30.5 Å². The SMILES string of the molecule is N=Cc1ccc(N2C[C@H](NC(=O)C3CCN(C4CC4)CC3)C[C@H](C(F)(F)F)C2)c2cccnc12. The Morgan fingerprint density at radius 3 is 2.56 bits per heavy atom.